The average molecular weight is 189 g/mol. The van der Waals surface area contributed by atoms with E-state index in [9.17, 15) is 0 Å². The highest BCUT2D eigenvalue weighted by molar-refractivity contribution is 5.50. The van der Waals surface area contributed by atoms with Crippen molar-refractivity contribution < 1.29 is 0 Å². The molecule has 2 aliphatic heterocycles. The third-order valence-corrected chi connectivity index (χ3v) is 3.33. The standard InChI is InChI=1S/C11H15N3/c1-8-2-10(5-12-3-8)14-7-9-4-13-6-11(9)14/h2-3,5,9,11,13H,4,6-7H2,1H3/t9-,11-/m0/s1. The summed E-state index contributed by atoms with van der Waals surface area (Å²) in [5.74, 6) is 0.871. The minimum atomic E-state index is 0.721. The lowest BCUT2D eigenvalue weighted by atomic mass is 9.91. The molecule has 14 heavy (non-hydrogen) atoms. The quantitative estimate of drug-likeness (QED) is 0.708. The van der Waals surface area contributed by atoms with Gasteiger partial charge in [0.25, 0.3) is 0 Å². The summed E-state index contributed by atoms with van der Waals surface area (Å²) in [7, 11) is 0. The highest BCUT2D eigenvalue weighted by Gasteiger charge is 2.42. The summed E-state index contributed by atoms with van der Waals surface area (Å²) in [5.41, 5.74) is 2.53. The van der Waals surface area contributed by atoms with Crippen LogP contribution in [-0.4, -0.2) is 30.7 Å². The molecule has 3 heteroatoms. The van der Waals surface area contributed by atoms with Crippen molar-refractivity contribution in [3.05, 3.63) is 24.0 Å². The smallest absolute Gasteiger partial charge is 0.0558 e. The van der Waals surface area contributed by atoms with Crippen LogP contribution in [0.5, 0.6) is 0 Å². The van der Waals surface area contributed by atoms with Gasteiger partial charge < -0.3 is 10.2 Å². The maximum absolute atomic E-state index is 4.24. The fourth-order valence-corrected chi connectivity index (χ4v) is 2.51. The van der Waals surface area contributed by atoms with Crippen LogP contribution in [0.25, 0.3) is 0 Å². The summed E-state index contributed by atoms with van der Waals surface area (Å²) < 4.78 is 0. The first kappa shape index (κ1) is 8.24. The van der Waals surface area contributed by atoms with Crippen molar-refractivity contribution in [2.24, 2.45) is 5.92 Å². The molecule has 0 aliphatic carbocycles. The van der Waals surface area contributed by atoms with Crippen molar-refractivity contribution in [2.45, 2.75) is 13.0 Å². The van der Waals surface area contributed by atoms with E-state index >= 15 is 0 Å². The molecule has 0 saturated carbocycles. The maximum Gasteiger partial charge on any atom is 0.0558 e. The van der Waals surface area contributed by atoms with Gasteiger partial charge >= 0.3 is 0 Å². The van der Waals surface area contributed by atoms with Gasteiger partial charge in [0.15, 0.2) is 0 Å². The Bertz CT molecular complexity index is 350. The largest absolute Gasteiger partial charge is 0.365 e. The molecule has 2 fully saturated rings. The summed E-state index contributed by atoms with van der Waals surface area (Å²) in [5, 5.41) is 3.44. The van der Waals surface area contributed by atoms with Gasteiger partial charge in [-0.1, -0.05) is 0 Å². The van der Waals surface area contributed by atoms with Gasteiger partial charge in [0.2, 0.25) is 0 Å². The van der Waals surface area contributed by atoms with Gasteiger partial charge in [-0.15, -0.1) is 0 Å². The molecule has 1 aromatic rings. The zero-order valence-electron chi connectivity index (χ0n) is 8.40. The topological polar surface area (TPSA) is 28.2 Å². The van der Waals surface area contributed by atoms with Crippen LogP contribution >= 0.6 is 0 Å². The van der Waals surface area contributed by atoms with Gasteiger partial charge in [-0.25, -0.2) is 0 Å². The molecular formula is C11H15N3. The summed E-state index contributed by atoms with van der Waals surface area (Å²) in [6.45, 7) is 5.63. The van der Waals surface area contributed by atoms with Crippen molar-refractivity contribution in [2.75, 3.05) is 24.5 Å². The van der Waals surface area contributed by atoms with Crippen LogP contribution in [0, 0.1) is 12.8 Å². The van der Waals surface area contributed by atoms with E-state index in [-0.39, 0.29) is 0 Å². The van der Waals surface area contributed by atoms with Gasteiger partial charge in [-0.3, -0.25) is 4.98 Å². The summed E-state index contributed by atoms with van der Waals surface area (Å²) in [4.78, 5) is 6.70. The van der Waals surface area contributed by atoms with Crippen molar-refractivity contribution >= 4 is 5.69 Å². The number of nitrogens with zero attached hydrogens (tertiary/aromatic N) is 2. The Morgan fingerprint density at radius 3 is 3.14 bits per heavy atom. The van der Waals surface area contributed by atoms with E-state index in [2.05, 4.69) is 28.2 Å². The van der Waals surface area contributed by atoms with Crippen LogP contribution in [0.15, 0.2) is 18.5 Å². The van der Waals surface area contributed by atoms with Crippen molar-refractivity contribution in [1.29, 1.82) is 0 Å². The number of rotatable bonds is 1. The Morgan fingerprint density at radius 2 is 2.36 bits per heavy atom. The molecule has 0 aromatic carbocycles. The minimum absolute atomic E-state index is 0.721. The molecule has 1 aromatic heterocycles. The first-order chi connectivity index (χ1) is 6.84. The van der Waals surface area contributed by atoms with E-state index in [4.69, 9.17) is 0 Å². The second-order valence-corrected chi connectivity index (χ2v) is 4.36. The first-order valence-corrected chi connectivity index (χ1v) is 5.23. The lowest BCUT2D eigenvalue weighted by Gasteiger charge is -2.45. The van der Waals surface area contributed by atoms with Crippen LogP contribution in [0.2, 0.25) is 0 Å². The predicted octanol–water partition coefficient (Wildman–Crippen LogP) is 0.798. The second kappa shape index (κ2) is 2.95. The highest BCUT2D eigenvalue weighted by Crippen LogP contribution is 2.32. The lowest BCUT2D eigenvalue weighted by Crippen LogP contribution is -2.55. The van der Waals surface area contributed by atoms with Gasteiger partial charge in [0.1, 0.15) is 0 Å². The van der Waals surface area contributed by atoms with Gasteiger partial charge in [-0.2, -0.15) is 0 Å². The van der Waals surface area contributed by atoms with Crippen molar-refractivity contribution in [3.8, 4) is 0 Å². The van der Waals surface area contributed by atoms with E-state index < -0.39 is 0 Å². The van der Waals surface area contributed by atoms with Crippen LogP contribution < -0.4 is 10.2 Å². The number of nitrogens with one attached hydrogen (secondary N) is 1. The van der Waals surface area contributed by atoms with Crippen LogP contribution in [0.3, 0.4) is 0 Å². The van der Waals surface area contributed by atoms with E-state index in [1.165, 1.54) is 24.3 Å². The zero-order valence-corrected chi connectivity index (χ0v) is 8.40. The molecular weight excluding hydrogens is 174 g/mol. The Morgan fingerprint density at radius 1 is 1.43 bits per heavy atom. The molecule has 3 rings (SSSR count). The van der Waals surface area contributed by atoms with Crippen LogP contribution in [-0.2, 0) is 0 Å². The second-order valence-electron chi connectivity index (χ2n) is 4.36. The number of anilines is 1. The van der Waals surface area contributed by atoms with Crippen LogP contribution in [0.4, 0.5) is 5.69 Å². The van der Waals surface area contributed by atoms with Gasteiger partial charge in [0.05, 0.1) is 11.9 Å². The molecule has 2 atom stereocenters. The molecule has 3 heterocycles. The normalized spacial score (nSPS) is 29.9. The number of hydrogen-bond acceptors (Lipinski definition) is 3. The van der Waals surface area contributed by atoms with E-state index in [0.29, 0.717) is 0 Å². The van der Waals surface area contributed by atoms with Gasteiger partial charge in [-0.05, 0) is 18.6 Å². The Kier molecular flexibility index (Phi) is 1.74. The molecule has 74 valence electrons. The van der Waals surface area contributed by atoms with E-state index in [0.717, 1.165) is 18.5 Å². The monoisotopic (exact) mass is 189 g/mol. The number of aromatic nitrogens is 1. The lowest BCUT2D eigenvalue weighted by molar-refractivity contribution is 0.365. The highest BCUT2D eigenvalue weighted by atomic mass is 15.3. The number of hydrogen-bond donors (Lipinski definition) is 1. The maximum atomic E-state index is 4.24. The first-order valence-electron chi connectivity index (χ1n) is 5.23. The molecule has 1 N–H and O–H groups in total. The average Bonchev–Trinajstić information content (AvgIpc) is 2.48. The number of fused-ring (bicyclic) bond motifs is 1. The van der Waals surface area contributed by atoms with Crippen molar-refractivity contribution in [3.63, 3.8) is 0 Å². The van der Waals surface area contributed by atoms with E-state index in [1.807, 2.05) is 12.4 Å². The summed E-state index contributed by atoms with van der Waals surface area (Å²) in [6.07, 6.45) is 3.88. The fraction of sp³-hybridized carbons (Fsp3) is 0.545. The van der Waals surface area contributed by atoms with Crippen LogP contribution in [0.1, 0.15) is 5.56 Å². The molecule has 2 aliphatic rings. The molecule has 3 nitrogen and oxygen atoms in total. The number of aryl methyl sites for hydroxylation is 1. The molecule has 0 radical (unpaired) electrons. The zero-order chi connectivity index (χ0) is 9.54. The SMILES string of the molecule is Cc1cncc(N2C[C@@H]3CNC[C@@H]32)c1. The third-order valence-electron chi connectivity index (χ3n) is 3.33. The van der Waals surface area contributed by atoms with Crippen molar-refractivity contribution in [1.82, 2.24) is 10.3 Å². The fourth-order valence-electron chi connectivity index (χ4n) is 2.51. The Balaban J connectivity index is 1.83. The Hall–Kier alpha value is -1.09. The molecule has 0 spiro atoms. The summed E-state index contributed by atoms with van der Waals surface area (Å²) in [6, 6.07) is 2.94. The van der Waals surface area contributed by atoms with Gasteiger partial charge in [0, 0.05) is 37.8 Å². The third kappa shape index (κ3) is 1.12. The predicted molar refractivity (Wildman–Crippen MR) is 56.5 cm³/mol. The minimum Gasteiger partial charge on any atom is -0.365 e. The molecule has 2 saturated heterocycles. The molecule has 0 amide bonds. The Labute approximate surface area is 84.1 Å². The molecule has 0 unspecified atom stereocenters. The number of pyridine rings is 1. The summed E-state index contributed by atoms with van der Waals surface area (Å²) >= 11 is 0. The molecule has 0 bridgehead atoms. The van der Waals surface area contributed by atoms with E-state index in [1.54, 1.807) is 0 Å².